The molecule has 1 aromatic heterocycles. The number of anilines is 1. The molecule has 5 heteroatoms. The first-order chi connectivity index (χ1) is 9.69. The molecule has 1 heterocycles. The van der Waals surface area contributed by atoms with Crippen molar-refractivity contribution in [1.82, 2.24) is 4.98 Å². The Morgan fingerprint density at radius 2 is 1.85 bits per heavy atom. The summed E-state index contributed by atoms with van der Waals surface area (Å²) in [6, 6.07) is 14.0. The van der Waals surface area contributed by atoms with Gasteiger partial charge >= 0.3 is 0 Å². The number of benzene rings is 2. The van der Waals surface area contributed by atoms with Crippen molar-refractivity contribution in [2.45, 2.75) is 0 Å². The van der Waals surface area contributed by atoms with Gasteiger partial charge in [-0.15, -0.1) is 0 Å². The van der Waals surface area contributed by atoms with E-state index in [1.807, 2.05) is 30.3 Å². The molecule has 0 radical (unpaired) electrons. The van der Waals surface area contributed by atoms with Gasteiger partial charge in [0, 0.05) is 10.9 Å². The Bertz CT molecular complexity index is 775. The van der Waals surface area contributed by atoms with E-state index in [-0.39, 0.29) is 5.02 Å². The van der Waals surface area contributed by atoms with Gasteiger partial charge < -0.3 is 5.43 Å². The minimum absolute atomic E-state index is 0.259. The molecule has 0 atom stereocenters. The first kappa shape index (κ1) is 12.8. The molecule has 0 unspecified atom stereocenters. The lowest BCUT2D eigenvalue weighted by atomic mass is 10.1. The normalized spacial score (nSPS) is 10.8. The third-order valence-corrected chi connectivity index (χ3v) is 3.34. The predicted molar refractivity (Wildman–Crippen MR) is 80.0 cm³/mol. The number of nitrogens with one attached hydrogen (secondary N) is 1. The van der Waals surface area contributed by atoms with Crippen LogP contribution in [0.4, 0.5) is 10.1 Å². The van der Waals surface area contributed by atoms with E-state index in [9.17, 15) is 4.39 Å². The highest BCUT2D eigenvalue weighted by atomic mass is 35.5. The summed E-state index contributed by atoms with van der Waals surface area (Å²) in [6.07, 6.45) is 0. The number of aromatic nitrogens is 1. The van der Waals surface area contributed by atoms with E-state index in [2.05, 4.69) is 10.4 Å². The van der Waals surface area contributed by atoms with Crippen LogP contribution in [0.5, 0.6) is 0 Å². The average Bonchev–Trinajstić information content (AvgIpc) is 2.47. The van der Waals surface area contributed by atoms with Crippen molar-refractivity contribution in [3.8, 4) is 11.3 Å². The molecular weight excluding hydrogens is 277 g/mol. The van der Waals surface area contributed by atoms with E-state index < -0.39 is 5.82 Å². The zero-order valence-corrected chi connectivity index (χ0v) is 11.2. The van der Waals surface area contributed by atoms with Gasteiger partial charge in [0.2, 0.25) is 0 Å². The lowest BCUT2D eigenvalue weighted by Gasteiger charge is -2.10. The van der Waals surface area contributed by atoms with Crippen LogP contribution < -0.4 is 11.3 Å². The maximum atomic E-state index is 13.5. The number of hydrogen-bond acceptors (Lipinski definition) is 3. The van der Waals surface area contributed by atoms with E-state index in [0.717, 1.165) is 11.3 Å². The fraction of sp³-hybridized carbons (Fsp3) is 0. The van der Waals surface area contributed by atoms with Crippen molar-refractivity contribution in [3.05, 3.63) is 59.4 Å². The van der Waals surface area contributed by atoms with Crippen LogP contribution in [-0.2, 0) is 0 Å². The summed E-state index contributed by atoms with van der Waals surface area (Å²) in [6.45, 7) is 0. The van der Waals surface area contributed by atoms with Crippen molar-refractivity contribution in [2.75, 3.05) is 5.43 Å². The first-order valence-corrected chi connectivity index (χ1v) is 6.38. The van der Waals surface area contributed by atoms with Crippen LogP contribution >= 0.6 is 11.6 Å². The Balaban J connectivity index is 2.32. The largest absolute Gasteiger partial charge is 0.323 e. The molecule has 0 aliphatic rings. The van der Waals surface area contributed by atoms with E-state index in [0.29, 0.717) is 16.6 Å². The Kier molecular flexibility index (Phi) is 3.26. The number of hydrazine groups is 1. The molecule has 0 fully saturated rings. The van der Waals surface area contributed by atoms with Gasteiger partial charge in [0.05, 0.1) is 21.9 Å². The van der Waals surface area contributed by atoms with Gasteiger partial charge in [0.1, 0.15) is 5.82 Å². The Hall–Kier alpha value is -2.17. The minimum Gasteiger partial charge on any atom is -0.323 e. The summed E-state index contributed by atoms with van der Waals surface area (Å²) in [5.41, 5.74) is 5.32. The maximum Gasteiger partial charge on any atom is 0.125 e. The Labute approximate surface area is 120 Å². The molecule has 0 aliphatic heterocycles. The van der Waals surface area contributed by atoms with Crippen molar-refractivity contribution < 1.29 is 4.39 Å². The number of rotatable bonds is 2. The molecule has 0 amide bonds. The van der Waals surface area contributed by atoms with E-state index in [1.54, 1.807) is 6.07 Å². The predicted octanol–water partition coefficient (Wildman–Crippen LogP) is 3.98. The first-order valence-electron chi connectivity index (χ1n) is 6.01. The molecule has 3 aromatic rings. The minimum atomic E-state index is -0.423. The zero-order chi connectivity index (χ0) is 14.1. The van der Waals surface area contributed by atoms with Gasteiger partial charge in [-0.2, -0.15) is 0 Å². The van der Waals surface area contributed by atoms with Crippen molar-refractivity contribution in [3.63, 3.8) is 0 Å². The fourth-order valence-corrected chi connectivity index (χ4v) is 2.38. The highest BCUT2D eigenvalue weighted by Gasteiger charge is 2.11. The molecule has 100 valence electrons. The summed E-state index contributed by atoms with van der Waals surface area (Å²) in [5, 5.41) is 0.812. The summed E-state index contributed by atoms with van der Waals surface area (Å²) in [5.74, 6) is 5.10. The number of nitrogen functional groups attached to an aromatic ring is 1. The Morgan fingerprint density at radius 3 is 2.55 bits per heavy atom. The molecule has 3 rings (SSSR count). The highest BCUT2D eigenvalue weighted by molar-refractivity contribution is 6.35. The Morgan fingerprint density at radius 1 is 1.10 bits per heavy atom. The zero-order valence-electron chi connectivity index (χ0n) is 10.4. The van der Waals surface area contributed by atoms with Gasteiger partial charge in [0.15, 0.2) is 0 Å². The molecule has 3 N–H and O–H groups in total. The number of fused-ring (bicyclic) bond motifs is 1. The third kappa shape index (κ3) is 2.19. The van der Waals surface area contributed by atoms with Gasteiger partial charge in [0.25, 0.3) is 0 Å². The van der Waals surface area contributed by atoms with Crippen LogP contribution in [0.1, 0.15) is 0 Å². The number of hydrogen-bond donors (Lipinski definition) is 2. The molecule has 2 aromatic carbocycles. The van der Waals surface area contributed by atoms with Gasteiger partial charge in [-0.05, 0) is 18.2 Å². The monoisotopic (exact) mass is 287 g/mol. The van der Waals surface area contributed by atoms with Crippen LogP contribution in [-0.4, -0.2) is 4.98 Å². The van der Waals surface area contributed by atoms with Crippen LogP contribution in [0, 0.1) is 5.82 Å². The molecule has 0 aliphatic carbocycles. The quantitative estimate of drug-likeness (QED) is 0.554. The number of halogens is 2. The van der Waals surface area contributed by atoms with Crippen molar-refractivity contribution in [1.29, 1.82) is 0 Å². The summed E-state index contributed by atoms with van der Waals surface area (Å²) >= 11 is 6.08. The van der Waals surface area contributed by atoms with Crippen LogP contribution in [0.25, 0.3) is 22.2 Å². The van der Waals surface area contributed by atoms with Crippen LogP contribution in [0.15, 0.2) is 48.5 Å². The maximum absolute atomic E-state index is 13.5. The SMILES string of the molecule is NNc1cc(-c2ccccc2)nc2c(Cl)cc(F)cc12. The second-order valence-electron chi connectivity index (χ2n) is 4.35. The number of nitrogens with two attached hydrogens (primary N) is 1. The van der Waals surface area contributed by atoms with E-state index in [1.165, 1.54) is 12.1 Å². The van der Waals surface area contributed by atoms with Crippen LogP contribution in [0.2, 0.25) is 5.02 Å². The second-order valence-corrected chi connectivity index (χ2v) is 4.76. The van der Waals surface area contributed by atoms with Gasteiger partial charge in [-0.3, -0.25) is 5.84 Å². The topological polar surface area (TPSA) is 50.9 Å². The number of nitrogens with zero attached hydrogens (tertiary/aromatic N) is 1. The second kappa shape index (κ2) is 5.07. The van der Waals surface area contributed by atoms with Crippen molar-refractivity contribution >= 4 is 28.2 Å². The van der Waals surface area contributed by atoms with Gasteiger partial charge in [-0.1, -0.05) is 41.9 Å². The van der Waals surface area contributed by atoms with Crippen LogP contribution in [0.3, 0.4) is 0 Å². The summed E-state index contributed by atoms with van der Waals surface area (Å²) < 4.78 is 13.5. The van der Waals surface area contributed by atoms with Crippen molar-refractivity contribution in [2.24, 2.45) is 5.84 Å². The standard InChI is InChI=1S/C15H11ClFN3/c16-12-7-10(17)6-11-14(20-18)8-13(19-15(11)12)9-4-2-1-3-5-9/h1-8H,18H2,(H,19,20). The molecule has 20 heavy (non-hydrogen) atoms. The van der Waals surface area contributed by atoms with Gasteiger partial charge in [-0.25, -0.2) is 9.37 Å². The van der Waals surface area contributed by atoms with E-state index >= 15 is 0 Å². The summed E-state index contributed by atoms with van der Waals surface area (Å²) in [4.78, 5) is 4.50. The molecule has 0 saturated heterocycles. The number of pyridine rings is 1. The molecule has 0 spiro atoms. The molecule has 0 saturated carbocycles. The van der Waals surface area contributed by atoms with E-state index in [4.69, 9.17) is 17.4 Å². The average molecular weight is 288 g/mol. The summed E-state index contributed by atoms with van der Waals surface area (Å²) in [7, 11) is 0. The highest BCUT2D eigenvalue weighted by Crippen LogP contribution is 2.32. The molecular formula is C15H11ClFN3. The lowest BCUT2D eigenvalue weighted by Crippen LogP contribution is -2.08. The molecule has 3 nitrogen and oxygen atoms in total. The molecule has 0 bridgehead atoms. The smallest absolute Gasteiger partial charge is 0.125 e. The lowest BCUT2D eigenvalue weighted by molar-refractivity contribution is 0.629. The fourth-order valence-electron chi connectivity index (χ4n) is 2.13. The third-order valence-electron chi connectivity index (χ3n) is 3.06.